The fourth-order valence-electron chi connectivity index (χ4n) is 3.20. The van der Waals surface area contributed by atoms with E-state index in [9.17, 15) is 0 Å². The van der Waals surface area contributed by atoms with Crippen LogP contribution in [0.1, 0.15) is 30.4 Å². The number of likely N-dealkylation sites (tertiary alicyclic amines) is 1. The second-order valence-corrected chi connectivity index (χ2v) is 5.84. The zero-order valence-electron chi connectivity index (χ0n) is 12.2. The van der Waals surface area contributed by atoms with Gasteiger partial charge < -0.3 is 4.57 Å². The smallest absolute Gasteiger partial charge is 0.0835 e. The topological polar surface area (TPSA) is 8.17 Å². The van der Waals surface area contributed by atoms with Crippen LogP contribution in [-0.4, -0.2) is 22.6 Å². The molecule has 1 fully saturated rings. The molecule has 2 heteroatoms. The van der Waals surface area contributed by atoms with Crippen LogP contribution >= 0.6 is 0 Å². The summed E-state index contributed by atoms with van der Waals surface area (Å²) in [7, 11) is 0. The van der Waals surface area contributed by atoms with Gasteiger partial charge in [-0.05, 0) is 50.6 Å². The van der Waals surface area contributed by atoms with E-state index in [-0.39, 0.29) is 0 Å². The number of hydrogen-bond donors (Lipinski definition) is 0. The van der Waals surface area contributed by atoms with Gasteiger partial charge in [0, 0.05) is 23.6 Å². The summed E-state index contributed by atoms with van der Waals surface area (Å²) >= 11 is 0. The molecule has 0 amide bonds. The number of aromatic nitrogens is 1. The Morgan fingerprint density at radius 2 is 2.00 bits per heavy atom. The van der Waals surface area contributed by atoms with Gasteiger partial charge in [0.15, 0.2) is 0 Å². The normalized spacial score (nSPS) is 16.4. The van der Waals surface area contributed by atoms with Gasteiger partial charge >= 0.3 is 0 Å². The van der Waals surface area contributed by atoms with E-state index >= 15 is 0 Å². The molecule has 1 aliphatic rings. The number of benzene rings is 1. The lowest BCUT2D eigenvalue weighted by Crippen LogP contribution is -2.28. The molecule has 0 atom stereocenters. The fourth-order valence-corrected chi connectivity index (χ4v) is 3.20. The highest BCUT2D eigenvalue weighted by atomic mass is 15.1. The Bertz CT molecular complexity index is 639. The van der Waals surface area contributed by atoms with Crippen molar-refractivity contribution in [3.05, 3.63) is 35.5 Å². The van der Waals surface area contributed by atoms with Gasteiger partial charge in [0.2, 0.25) is 0 Å². The van der Waals surface area contributed by atoms with Crippen LogP contribution in [0.15, 0.2) is 24.4 Å². The summed E-state index contributed by atoms with van der Waals surface area (Å²) in [5, 5.41) is 1.37. The summed E-state index contributed by atoms with van der Waals surface area (Å²) in [5.41, 5.74) is 4.00. The molecular formula is C18H22N2. The van der Waals surface area contributed by atoms with Crippen molar-refractivity contribution in [2.45, 2.75) is 39.3 Å². The second-order valence-electron chi connectivity index (χ2n) is 5.84. The average molecular weight is 266 g/mol. The molecule has 0 unspecified atom stereocenters. The van der Waals surface area contributed by atoms with Crippen LogP contribution in [0.5, 0.6) is 0 Å². The molecule has 0 bridgehead atoms. The van der Waals surface area contributed by atoms with E-state index in [1.165, 1.54) is 54.4 Å². The lowest BCUT2D eigenvalue weighted by atomic mass is 10.1. The van der Waals surface area contributed by atoms with E-state index in [1.54, 1.807) is 0 Å². The summed E-state index contributed by atoms with van der Waals surface area (Å²) in [6.07, 6.45) is 11.8. The zero-order chi connectivity index (χ0) is 13.9. The first kappa shape index (κ1) is 13.3. The van der Waals surface area contributed by atoms with Crippen molar-refractivity contribution in [2.75, 3.05) is 13.1 Å². The molecule has 1 aliphatic heterocycles. The summed E-state index contributed by atoms with van der Waals surface area (Å²) in [6, 6.07) is 6.66. The minimum absolute atomic E-state index is 0.652. The maximum Gasteiger partial charge on any atom is 0.0835 e. The lowest BCUT2D eigenvalue weighted by Gasteiger charge is -2.26. The molecule has 0 spiro atoms. The van der Waals surface area contributed by atoms with Crippen molar-refractivity contribution >= 4 is 10.9 Å². The molecule has 0 radical (unpaired) electrons. The summed E-state index contributed by atoms with van der Waals surface area (Å²) in [4.78, 5) is 2.57. The first-order chi connectivity index (χ1) is 9.78. The monoisotopic (exact) mass is 266 g/mol. The molecule has 2 nitrogen and oxygen atoms in total. The third-order valence-electron chi connectivity index (χ3n) is 4.22. The Morgan fingerprint density at radius 1 is 1.20 bits per heavy atom. The first-order valence-electron chi connectivity index (χ1n) is 7.52. The highest BCUT2D eigenvalue weighted by molar-refractivity contribution is 5.84. The Morgan fingerprint density at radius 3 is 2.75 bits per heavy atom. The highest BCUT2D eigenvalue weighted by Gasteiger charge is 2.14. The molecule has 1 aromatic heterocycles. The minimum Gasteiger partial charge on any atom is -0.336 e. The first-order valence-corrected chi connectivity index (χ1v) is 7.52. The van der Waals surface area contributed by atoms with Crippen LogP contribution < -0.4 is 0 Å². The van der Waals surface area contributed by atoms with Crippen LogP contribution in [0.25, 0.3) is 10.9 Å². The van der Waals surface area contributed by atoms with Gasteiger partial charge in [-0.25, -0.2) is 0 Å². The predicted octanol–water partition coefficient (Wildman–Crippen LogP) is 3.57. The van der Waals surface area contributed by atoms with Crippen LogP contribution in [0.3, 0.4) is 0 Å². The van der Waals surface area contributed by atoms with Gasteiger partial charge in [-0.1, -0.05) is 24.0 Å². The Kier molecular flexibility index (Phi) is 3.80. The quantitative estimate of drug-likeness (QED) is 0.771. The van der Waals surface area contributed by atoms with Crippen molar-refractivity contribution in [3.8, 4) is 12.3 Å². The number of fused-ring (bicyclic) bond motifs is 1. The molecule has 20 heavy (non-hydrogen) atoms. The Balaban J connectivity index is 1.96. The van der Waals surface area contributed by atoms with Crippen molar-refractivity contribution in [3.63, 3.8) is 0 Å². The van der Waals surface area contributed by atoms with Gasteiger partial charge in [0.05, 0.1) is 6.54 Å². The number of piperidine rings is 1. The lowest BCUT2D eigenvalue weighted by molar-refractivity contribution is 0.221. The van der Waals surface area contributed by atoms with Gasteiger partial charge in [0.25, 0.3) is 0 Å². The molecule has 0 N–H and O–H groups in total. The minimum atomic E-state index is 0.652. The van der Waals surface area contributed by atoms with Gasteiger partial charge in [0.1, 0.15) is 0 Å². The highest BCUT2D eigenvalue weighted by Crippen LogP contribution is 2.25. The summed E-state index contributed by atoms with van der Waals surface area (Å²) in [5.74, 6) is 2.76. The van der Waals surface area contributed by atoms with E-state index in [2.05, 4.69) is 46.7 Å². The van der Waals surface area contributed by atoms with Crippen molar-refractivity contribution in [2.24, 2.45) is 0 Å². The summed E-state index contributed by atoms with van der Waals surface area (Å²) < 4.78 is 2.20. The van der Waals surface area contributed by atoms with Crippen LogP contribution in [-0.2, 0) is 13.1 Å². The fraction of sp³-hybridized carbons (Fsp3) is 0.444. The average Bonchev–Trinajstić information content (AvgIpc) is 2.78. The number of terminal acetylenes is 1. The van der Waals surface area contributed by atoms with E-state index < -0.39 is 0 Å². The molecule has 3 rings (SSSR count). The third-order valence-corrected chi connectivity index (χ3v) is 4.22. The number of rotatable bonds is 3. The predicted molar refractivity (Wildman–Crippen MR) is 84.6 cm³/mol. The number of hydrogen-bond acceptors (Lipinski definition) is 1. The van der Waals surface area contributed by atoms with Crippen molar-refractivity contribution in [1.82, 2.24) is 9.47 Å². The maximum atomic E-state index is 5.49. The third kappa shape index (κ3) is 2.59. The standard InChI is InChI=1S/C18H22N2/c1-3-9-20-14-16(13-19-10-5-4-6-11-19)17-12-15(2)7-8-18(17)20/h1,7-8,12,14H,4-6,9-11,13H2,2H3. The van der Waals surface area contributed by atoms with E-state index in [0.717, 1.165) is 6.54 Å². The van der Waals surface area contributed by atoms with Gasteiger partial charge in [-0.2, -0.15) is 0 Å². The van der Waals surface area contributed by atoms with E-state index in [0.29, 0.717) is 6.54 Å². The zero-order valence-corrected chi connectivity index (χ0v) is 12.2. The van der Waals surface area contributed by atoms with Crippen molar-refractivity contribution < 1.29 is 0 Å². The largest absolute Gasteiger partial charge is 0.336 e. The molecule has 104 valence electrons. The molecule has 2 heterocycles. The Labute approximate surface area is 121 Å². The van der Waals surface area contributed by atoms with Crippen LogP contribution in [0, 0.1) is 19.3 Å². The SMILES string of the molecule is C#CCn1cc(CN2CCCCC2)c2cc(C)ccc21. The summed E-state index contributed by atoms with van der Waals surface area (Å²) in [6.45, 7) is 6.32. The van der Waals surface area contributed by atoms with E-state index in [4.69, 9.17) is 6.42 Å². The second kappa shape index (κ2) is 5.73. The molecule has 1 saturated heterocycles. The maximum absolute atomic E-state index is 5.49. The Hall–Kier alpha value is -1.72. The number of aryl methyl sites for hydroxylation is 1. The molecule has 1 aromatic carbocycles. The number of nitrogens with zero attached hydrogens (tertiary/aromatic N) is 2. The molecule has 0 saturated carbocycles. The van der Waals surface area contributed by atoms with Gasteiger partial charge in [-0.15, -0.1) is 6.42 Å². The molecule has 2 aromatic rings. The van der Waals surface area contributed by atoms with Gasteiger partial charge in [-0.3, -0.25) is 4.90 Å². The van der Waals surface area contributed by atoms with E-state index in [1.807, 2.05) is 0 Å². The van der Waals surface area contributed by atoms with Crippen molar-refractivity contribution in [1.29, 1.82) is 0 Å². The van der Waals surface area contributed by atoms with Crippen LogP contribution in [0.4, 0.5) is 0 Å². The molecular weight excluding hydrogens is 244 g/mol. The molecule has 0 aliphatic carbocycles. The van der Waals surface area contributed by atoms with Crippen LogP contribution in [0.2, 0.25) is 0 Å².